The van der Waals surface area contributed by atoms with E-state index in [4.69, 9.17) is 5.73 Å². The zero-order valence-corrected chi connectivity index (χ0v) is 10.9. The molecule has 90 valence electrons. The number of nitrogen functional groups attached to an aromatic ring is 1. The van der Waals surface area contributed by atoms with Crippen LogP contribution >= 0.6 is 11.3 Å². The number of hydrogen-bond acceptors (Lipinski definition) is 3. The minimum Gasteiger partial charge on any atom is -0.399 e. The third-order valence-corrected chi connectivity index (χ3v) is 3.78. The Hall–Kier alpha value is -1.32. The second kappa shape index (κ2) is 5.84. The van der Waals surface area contributed by atoms with Crippen molar-refractivity contribution in [1.82, 2.24) is 5.32 Å². The quantitative estimate of drug-likeness (QED) is 0.795. The average molecular weight is 246 g/mol. The Morgan fingerprint density at radius 1 is 1.12 bits per heavy atom. The van der Waals surface area contributed by atoms with Gasteiger partial charge in [-0.25, -0.2) is 0 Å². The number of nitrogens with one attached hydrogen (secondary N) is 1. The van der Waals surface area contributed by atoms with E-state index in [1.165, 1.54) is 16.0 Å². The van der Waals surface area contributed by atoms with Crippen LogP contribution in [0.25, 0.3) is 0 Å². The van der Waals surface area contributed by atoms with Crippen LogP contribution in [0.1, 0.15) is 22.9 Å². The third-order valence-electron chi connectivity index (χ3n) is 2.81. The highest BCUT2D eigenvalue weighted by Gasteiger charge is 2.01. The number of aryl methyl sites for hydroxylation is 1. The Labute approximate surface area is 106 Å². The normalized spacial score (nSPS) is 10.6. The molecule has 1 heterocycles. The van der Waals surface area contributed by atoms with Gasteiger partial charge in [-0.3, -0.25) is 0 Å². The van der Waals surface area contributed by atoms with Crippen LogP contribution in [0.3, 0.4) is 0 Å². The van der Waals surface area contributed by atoms with Crippen LogP contribution in [0.4, 0.5) is 5.69 Å². The SMILES string of the molecule is CCc1ccsc1CNCc1ccc(N)cc1. The molecule has 2 aromatic rings. The van der Waals surface area contributed by atoms with Crippen LogP contribution in [0.5, 0.6) is 0 Å². The van der Waals surface area contributed by atoms with Crippen LogP contribution in [0.15, 0.2) is 35.7 Å². The summed E-state index contributed by atoms with van der Waals surface area (Å²) in [5.41, 5.74) is 9.20. The lowest BCUT2D eigenvalue weighted by Gasteiger charge is -2.05. The molecule has 0 spiro atoms. The van der Waals surface area contributed by atoms with Gasteiger partial charge in [0.1, 0.15) is 0 Å². The fourth-order valence-electron chi connectivity index (χ4n) is 1.79. The molecule has 17 heavy (non-hydrogen) atoms. The lowest BCUT2D eigenvalue weighted by atomic mass is 10.2. The van der Waals surface area contributed by atoms with Gasteiger partial charge in [0, 0.05) is 23.7 Å². The van der Waals surface area contributed by atoms with Crippen LogP contribution in [0, 0.1) is 0 Å². The lowest BCUT2D eigenvalue weighted by molar-refractivity contribution is 0.697. The molecule has 1 aromatic heterocycles. The molecule has 3 N–H and O–H groups in total. The molecule has 0 unspecified atom stereocenters. The van der Waals surface area contributed by atoms with Crippen molar-refractivity contribution < 1.29 is 0 Å². The monoisotopic (exact) mass is 246 g/mol. The summed E-state index contributed by atoms with van der Waals surface area (Å²) in [4.78, 5) is 1.45. The van der Waals surface area contributed by atoms with E-state index in [1.807, 2.05) is 23.5 Å². The zero-order valence-electron chi connectivity index (χ0n) is 10.1. The van der Waals surface area contributed by atoms with E-state index in [2.05, 4.69) is 35.8 Å². The van der Waals surface area contributed by atoms with Gasteiger partial charge < -0.3 is 11.1 Å². The van der Waals surface area contributed by atoms with Crippen molar-refractivity contribution in [3.8, 4) is 0 Å². The summed E-state index contributed by atoms with van der Waals surface area (Å²) in [6, 6.07) is 10.2. The summed E-state index contributed by atoms with van der Waals surface area (Å²) in [5.74, 6) is 0. The Bertz CT molecular complexity index is 459. The molecule has 0 atom stereocenters. The molecule has 2 rings (SSSR count). The van der Waals surface area contributed by atoms with E-state index < -0.39 is 0 Å². The van der Waals surface area contributed by atoms with Crippen LogP contribution in [-0.4, -0.2) is 0 Å². The van der Waals surface area contributed by atoms with Crippen molar-refractivity contribution >= 4 is 17.0 Å². The fourth-order valence-corrected chi connectivity index (χ4v) is 2.74. The molecule has 0 saturated carbocycles. The molecular formula is C14H18N2S. The number of hydrogen-bond donors (Lipinski definition) is 2. The minimum absolute atomic E-state index is 0.820. The van der Waals surface area contributed by atoms with Gasteiger partial charge in [-0.15, -0.1) is 11.3 Å². The molecule has 0 saturated heterocycles. The highest BCUT2D eigenvalue weighted by atomic mass is 32.1. The predicted molar refractivity (Wildman–Crippen MR) is 75.1 cm³/mol. The molecule has 1 aromatic carbocycles. The molecule has 0 bridgehead atoms. The topological polar surface area (TPSA) is 38.0 Å². The van der Waals surface area contributed by atoms with E-state index in [-0.39, 0.29) is 0 Å². The molecule has 0 aliphatic rings. The number of rotatable bonds is 5. The summed E-state index contributed by atoms with van der Waals surface area (Å²) in [6.45, 7) is 4.04. The van der Waals surface area contributed by atoms with Crippen molar-refractivity contribution in [2.75, 3.05) is 5.73 Å². The second-order valence-corrected chi connectivity index (χ2v) is 5.07. The standard InChI is InChI=1S/C14H18N2S/c1-2-12-7-8-17-14(12)10-16-9-11-3-5-13(15)6-4-11/h3-8,16H,2,9-10,15H2,1H3. The average Bonchev–Trinajstić information content (AvgIpc) is 2.79. The minimum atomic E-state index is 0.820. The number of anilines is 1. The first kappa shape index (κ1) is 12.1. The van der Waals surface area contributed by atoms with E-state index in [9.17, 15) is 0 Å². The molecule has 0 fully saturated rings. The number of nitrogens with two attached hydrogens (primary N) is 1. The highest BCUT2D eigenvalue weighted by molar-refractivity contribution is 7.10. The summed E-state index contributed by atoms with van der Waals surface area (Å²) in [6.07, 6.45) is 1.11. The van der Waals surface area contributed by atoms with Crippen molar-refractivity contribution in [1.29, 1.82) is 0 Å². The first-order valence-electron chi connectivity index (χ1n) is 5.90. The Morgan fingerprint density at radius 3 is 2.59 bits per heavy atom. The molecule has 2 nitrogen and oxygen atoms in total. The van der Waals surface area contributed by atoms with E-state index in [1.54, 1.807) is 0 Å². The maximum atomic E-state index is 5.65. The Kier molecular flexibility index (Phi) is 4.18. The van der Waals surface area contributed by atoms with Gasteiger partial charge in [0.15, 0.2) is 0 Å². The van der Waals surface area contributed by atoms with Crippen LogP contribution in [0.2, 0.25) is 0 Å². The Morgan fingerprint density at radius 2 is 1.88 bits per heavy atom. The van der Waals surface area contributed by atoms with Crippen molar-refractivity contribution in [2.24, 2.45) is 0 Å². The largest absolute Gasteiger partial charge is 0.399 e. The lowest BCUT2D eigenvalue weighted by Crippen LogP contribution is -2.12. The van der Waals surface area contributed by atoms with Crippen molar-refractivity contribution in [3.05, 3.63) is 51.7 Å². The van der Waals surface area contributed by atoms with Gasteiger partial charge in [0.05, 0.1) is 0 Å². The molecule has 0 radical (unpaired) electrons. The maximum Gasteiger partial charge on any atom is 0.0314 e. The van der Waals surface area contributed by atoms with Gasteiger partial charge in [-0.2, -0.15) is 0 Å². The molecule has 0 amide bonds. The first-order chi connectivity index (χ1) is 8.29. The number of thiophene rings is 1. The van der Waals surface area contributed by atoms with Gasteiger partial charge in [0.25, 0.3) is 0 Å². The van der Waals surface area contributed by atoms with Crippen molar-refractivity contribution in [2.45, 2.75) is 26.4 Å². The molecular weight excluding hydrogens is 228 g/mol. The van der Waals surface area contributed by atoms with Crippen LogP contribution in [-0.2, 0) is 19.5 Å². The van der Waals surface area contributed by atoms with Gasteiger partial charge in [-0.1, -0.05) is 19.1 Å². The zero-order chi connectivity index (χ0) is 12.1. The van der Waals surface area contributed by atoms with Gasteiger partial charge in [-0.05, 0) is 41.1 Å². The summed E-state index contributed by atoms with van der Waals surface area (Å²) >= 11 is 1.83. The fraction of sp³-hybridized carbons (Fsp3) is 0.286. The van der Waals surface area contributed by atoms with Crippen LogP contribution < -0.4 is 11.1 Å². The smallest absolute Gasteiger partial charge is 0.0314 e. The molecule has 3 heteroatoms. The van der Waals surface area contributed by atoms with E-state index in [0.717, 1.165) is 25.2 Å². The van der Waals surface area contributed by atoms with E-state index >= 15 is 0 Å². The third kappa shape index (κ3) is 3.32. The first-order valence-corrected chi connectivity index (χ1v) is 6.78. The van der Waals surface area contributed by atoms with Crippen molar-refractivity contribution in [3.63, 3.8) is 0 Å². The van der Waals surface area contributed by atoms with E-state index in [0.29, 0.717) is 0 Å². The molecule has 0 aliphatic heterocycles. The van der Waals surface area contributed by atoms with Gasteiger partial charge in [0.2, 0.25) is 0 Å². The summed E-state index contributed by atoms with van der Waals surface area (Å²) in [5, 5.41) is 5.63. The van der Waals surface area contributed by atoms with Gasteiger partial charge >= 0.3 is 0 Å². The summed E-state index contributed by atoms with van der Waals surface area (Å²) in [7, 11) is 0. The molecule has 0 aliphatic carbocycles. The highest BCUT2D eigenvalue weighted by Crippen LogP contribution is 2.17. The number of benzene rings is 1. The Balaban J connectivity index is 1.85. The second-order valence-electron chi connectivity index (χ2n) is 4.07. The predicted octanol–water partition coefficient (Wildman–Crippen LogP) is 3.18. The maximum absolute atomic E-state index is 5.65. The summed E-state index contributed by atoms with van der Waals surface area (Å²) < 4.78 is 0.